The Morgan fingerprint density at radius 2 is 1.83 bits per heavy atom. The molecule has 0 spiro atoms. The van der Waals surface area contributed by atoms with Gasteiger partial charge in [0, 0.05) is 21.4 Å². The van der Waals surface area contributed by atoms with Crippen molar-refractivity contribution in [1.29, 1.82) is 0 Å². The lowest BCUT2D eigenvalue weighted by molar-refractivity contribution is 0.801. The largest absolute Gasteiger partial charge is 0.248 e. The van der Waals surface area contributed by atoms with Crippen molar-refractivity contribution in [2.45, 2.75) is 37.9 Å². The molecule has 36 heavy (non-hydrogen) atoms. The molecule has 4 aromatic rings. The molecule has 181 valence electrons. The molecule has 1 aromatic heterocycles. The Morgan fingerprint density at radius 1 is 1.00 bits per heavy atom. The number of allylic oxidation sites excluding steroid dienone is 1. The Bertz CT molecular complexity index is 1400. The fourth-order valence-corrected chi connectivity index (χ4v) is 6.00. The first-order chi connectivity index (χ1) is 17.5. The Morgan fingerprint density at radius 3 is 2.67 bits per heavy atom. The molecule has 1 atom stereocenters. The van der Waals surface area contributed by atoms with Gasteiger partial charge in [0.2, 0.25) is 0 Å². The third-order valence-corrected chi connectivity index (χ3v) is 8.37. The number of aryl methyl sites for hydroxylation is 1. The summed E-state index contributed by atoms with van der Waals surface area (Å²) in [6.07, 6.45) is 9.04. The van der Waals surface area contributed by atoms with Gasteiger partial charge >= 0.3 is 0 Å². The molecule has 3 aromatic carbocycles. The smallest absolute Gasteiger partial charge is 0.0724 e. The normalized spacial score (nSPS) is 14.4. The Balaban J connectivity index is 1.34. The van der Waals surface area contributed by atoms with E-state index in [2.05, 4.69) is 98.1 Å². The number of aromatic nitrogens is 1. The van der Waals surface area contributed by atoms with Crippen molar-refractivity contribution in [2.75, 3.05) is 5.75 Å². The maximum Gasteiger partial charge on any atom is 0.0724 e. The lowest BCUT2D eigenvalue weighted by atomic mass is 9.96. The van der Waals surface area contributed by atoms with E-state index in [1.807, 2.05) is 18.2 Å². The van der Waals surface area contributed by atoms with E-state index in [1.54, 1.807) is 5.92 Å². The molecular weight excluding hydrogens is 478 g/mol. The van der Waals surface area contributed by atoms with Crippen LogP contribution in [0.4, 0.5) is 0 Å². The molecule has 0 saturated heterocycles. The molecule has 1 aliphatic carbocycles. The van der Waals surface area contributed by atoms with Crippen molar-refractivity contribution in [2.24, 2.45) is 0 Å². The Hall–Kier alpha value is -2.81. The van der Waals surface area contributed by atoms with Gasteiger partial charge in [-0.05, 0) is 85.1 Å². The number of hydrogen-bond acceptors (Lipinski definition) is 2. The molecule has 1 saturated carbocycles. The quantitative estimate of drug-likeness (QED) is 0.211. The van der Waals surface area contributed by atoms with E-state index in [4.69, 9.17) is 16.6 Å². The average molecular weight is 509 g/mol. The fraction of sp³-hybridized carbons (Fsp3) is 0.212. The molecule has 0 N–H and O–H groups in total. The SMILES string of the molecule is C=C(C)c1ccccc1CC[C@@H](SC[C]1CC1)c1cccc(/C=C/c2ccc3ccc(Cl)cc3n2)c1. The monoisotopic (exact) mass is 508 g/mol. The van der Waals surface area contributed by atoms with Crippen molar-refractivity contribution in [3.8, 4) is 0 Å². The summed E-state index contributed by atoms with van der Waals surface area (Å²) < 4.78 is 0. The highest BCUT2D eigenvalue weighted by Gasteiger charge is 2.24. The van der Waals surface area contributed by atoms with Crippen LogP contribution in [-0.4, -0.2) is 10.7 Å². The summed E-state index contributed by atoms with van der Waals surface area (Å²) in [4.78, 5) is 4.76. The number of rotatable bonds is 10. The number of nitrogens with zero attached hydrogens (tertiary/aromatic N) is 1. The van der Waals surface area contributed by atoms with E-state index >= 15 is 0 Å². The highest BCUT2D eigenvalue weighted by atomic mass is 35.5. The molecule has 1 nitrogen and oxygen atoms in total. The lowest BCUT2D eigenvalue weighted by Crippen LogP contribution is -2.01. The van der Waals surface area contributed by atoms with E-state index in [0.717, 1.165) is 35.0 Å². The maximum absolute atomic E-state index is 6.16. The number of pyridine rings is 1. The molecule has 1 fully saturated rings. The highest BCUT2D eigenvalue weighted by Crippen LogP contribution is 2.42. The molecule has 5 rings (SSSR count). The molecule has 1 radical (unpaired) electrons. The van der Waals surface area contributed by atoms with Crippen LogP contribution in [0, 0.1) is 5.92 Å². The fourth-order valence-electron chi connectivity index (χ4n) is 4.48. The van der Waals surface area contributed by atoms with Gasteiger partial charge in [-0.3, -0.25) is 0 Å². The van der Waals surface area contributed by atoms with Crippen molar-refractivity contribution < 1.29 is 0 Å². The van der Waals surface area contributed by atoms with E-state index in [-0.39, 0.29) is 0 Å². The third kappa shape index (κ3) is 6.49. The average Bonchev–Trinajstić information content (AvgIpc) is 3.72. The standard InChI is InChI=1S/C33H31ClNS/c1-23(2)31-9-4-3-7-26(31)15-19-33(36-22-25-10-11-25)28-8-5-6-24(20-28)12-17-30-18-14-27-13-16-29(34)21-32(27)35-30/h3-9,12-14,16-18,20-21,33H,1,10-11,15,19,22H2,2H3/b17-12+/t33-/m1/s1. The molecule has 1 aliphatic rings. The summed E-state index contributed by atoms with van der Waals surface area (Å²) in [5.41, 5.74) is 8.28. The van der Waals surface area contributed by atoms with Gasteiger partial charge in [-0.15, -0.1) is 0 Å². The van der Waals surface area contributed by atoms with Gasteiger partial charge in [0.05, 0.1) is 11.2 Å². The van der Waals surface area contributed by atoms with Crippen LogP contribution in [-0.2, 0) is 6.42 Å². The van der Waals surface area contributed by atoms with Crippen LogP contribution in [0.25, 0.3) is 28.6 Å². The summed E-state index contributed by atoms with van der Waals surface area (Å²) in [6, 6.07) is 27.7. The second kappa shape index (κ2) is 11.5. The second-order valence-corrected chi connectivity index (χ2v) is 11.2. The zero-order valence-corrected chi connectivity index (χ0v) is 22.3. The predicted octanol–water partition coefficient (Wildman–Crippen LogP) is 9.87. The molecule has 0 unspecified atom stereocenters. The zero-order valence-electron chi connectivity index (χ0n) is 20.7. The van der Waals surface area contributed by atoms with Gasteiger partial charge in [0.15, 0.2) is 0 Å². The summed E-state index contributed by atoms with van der Waals surface area (Å²) in [5.74, 6) is 2.88. The van der Waals surface area contributed by atoms with Crippen LogP contribution in [0.5, 0.6) is 0 Å². The van der Waals surface area contributed by atoms with Gasteiger partial charge in [-0.2, -0.15) is 11.8 Å². The lowest BCUT2D eigenvalue weighted by Gasteiger charge is -2.19. The van der Waals surface area contributed by atoms with Crippen LogP contribution in [0.1, 0.15) is 59.4 Å². The number of thioether (sulfide) groups is 1. The topological polar surface area (TPSA) is 12.9 Å². The van der Waals surface area contributed by atoms with Gasteiger partial charge in [-0.1, -0.05) is 90.5 Å². The first kappa shape index (κ1) is 24.9. The van der Waals surface area contributed by atoms with Crippen LogP contribution < -0.4 is 0 Å². The summed E-state index contributed by atoms with van der Waals surface area (Å²) in [6.45, 7) is 6.29. The minimum atomic E-state index is 0.463. The van der Waals surface area contributed by atoms with Crippen LogP contribution in [0.3, 0.4) is 0 Å². The molecule has 3 heteroatoms. The van der Waals surface area contributed by atoms with Gasteiger partial charge < -0.3 is 0 Å². The van der Waals surface area contributed by atoms with E-state index < -0.39 is 0 Å². The Labute approximate surface area is 224 Å². The minimum Gasteiger partial charge on any atom is -0.248 e. The molecule has 0 amide bonds. The third-order valence-electron chi connectivity index (χ3n) is 6.65. The van der Waals surface area contributed by atoms with E-state index in [1.165, 1.54) is 40.8 Å². The van der Waals surface area contributed by atoms with Crippen LogP contribution >= 0.6 is 23.4 Å². The predicted molar refractivity (Wildman–Crippen MR) is 159 cm³/mol. The van der Waals surface area contributed by atoms with Crippen molar-refractivity contribution >= 4 is 52.0 Å². The second-order valence-electron chi connectivity index (χ2n) is 9.60. The molecular formula is C33H31ClNS. The molecule has 1 heterocycles. The molecule has 0 bridgehead atoms. The van der Waals surface area contributed by atoms with Gasteiger partial charge in [0.1, 0.15) is 0 Å². The van der Waals surface area contributed by atoms with Crippen molar-refractivity contribution in [3.05, 3.63) is 124 Å². The summed E-state index contributed by atoms with van der Waals surface area (Å²) >= 11 is 8.26. The zero-order chi connectivity index (χ0) is 24.9. The molecule has 0 aliphatic heterocycles. The van der Waals surface area contributed by atoms with E-state index in [0.29, 0.717) is 10.3 Å². The van der Waals surface area contributed by atoms with Crippen LogP contribution in [0.15, 0.2) is 85.4 Å². The number of halogens is 1. The Kier molecular flexibility index (Phi) is 7.94. The first-order valence-corrected chi connectivity index (χ1v) is 14.0. The number of benzene rings is 3. The van der Waals surface area contributed by atoms with E-state index in [9.17, 15) is 0 Å². The van der Waals surface area contributed by atoms with Crippen LogP contribution in [0.2, 0.25) is 5.02 Å². The maximum atomic E-state index is 6.16. The van der Waals surface area contributed by atoms with Crippen molar-refractivity contribution in [3.63, 3.8) is 0 Å². The van der Waals surface area contributed by atoms with Gasteiger partial charge in [0.25, 0.3) is 0 Å². The highest BCUT2D eigenvalue weighted by molar-refractivity contribution is 7.99. The number of fused-ring (bicyclic) bond motifs is 1. The first-order valence-electron chi connectivity index (χ1n) is 12.6. The van der Waals surface area contributed by atoms with Gasteiger partial charge in [-0.25, -0.2) is 4.98 Å². The summed E-state index contributed by atoms with van der Waals surface area (Å²) in [5, 5.41) is 2.27. The van der Waals surface area contributed by atoms with Crippen molar-refractivity contribution in [1.82, 2.24) is 4.98 Å². The summed E-state index contributed by atoms with van der Waals surface area (Å²) in [7, 11) is 0. The minimum absolute atomic E-state index is 0.463. The number of hydrogen-bond donors (Lipinski definition) is 0.